The molecule has 0 unspecified atom stereocenters. The average molecular weight is 572 g/mol. The molecule has 2 N–H and O–H groups in total. The van der Waals surface area contributed by atoms with Crippen LogP contribution in [0.4, 0.5) is 22.4 Å². The summed E-state index contributed by atoms with van der Waals surface area (Å²) < 4.78 is 84.7. The van der Waals surface area contributed by atoms with E-state index >= 15 is 0 Å². The van der Waals surface area contributed by atoms with Crippen molar-refractivity contribution in [2.45, 2.75) is 37.6 Å². The molecular weight excluding hydrogens is 546 g/mol. The molecule has 0 spiro atoms. The first kappa shape index (κ1) is 28.8. The summed E-state index contributed by atoms with van der Waals surface area (Å²) >= 11 is 0. The number of aromatic nitrogens is 1. The van der Waals surface area contributed by atoms with E-state index in [0.717, 1.165) is 24.3 Å². The highest BCUT2D eigenvalue weighted by atomic mass is 32.2. The monoisotopic (exact) mass is 571 g/mol. The maximum Gasteiger partial charge on any atom is 0.329 e. The number of benzene rings is 3. The highest BCUT2D eigenvalue weighted by Gasteiger charge is 2.26. The second kappa shape index (κ2) is 11.9. The Morgan fingerprint density at radius 1 is 0.900 bits per heavy atom. The third-order valence-electron chi connectivity index (χ3n) is 6.25. The molecule has 0 saturated carbocycles. The molecule has 4 aromatic rings. The Morgan fingerprint density at radius 3 is 2.25 bits per heavy atom. The van der Waals surface area contributed by atoms with Crippen LogP contribution in [0.1, 0.15) is 35.3 Å². The zero-order valence-corrected chi connectivity index (χ0v) is 22.3. The van der Waals surface area contributed by atoms with Gasteiger partial charge in [0.05, 0.1) is 16.6 Å². The van der Waals surface area contributed by atoms with E-state index in [1.165, 1.54) is 24.4 Å². The number of hydrogen-bond donors (Lipinski definition) is 2. The maximum absolute atomic E-state index is 14.7. The van der Waals surface area contributed by atoms with Crippen LogP contribution in [0.5, 0.6) is 0 Å². The second-order valence-corrected chi connectivity index (χ2v) is 10.7. The van der Waals surface area contributed by atoms with Gasteiger partial charge in [0, 0.05) is 23.9 Å². The van der Waals surface area contributed by atoms with Crippen molar-refractivity contribution in [1.29, 1.82) is 0 Å². The lowest BCUT2D eigenvalue weighted by Crippen LogP contribution is -2.42. The van der Waals surface area contributed by atoms with E-state index in [2.05, 4.69) is 10.3 Å². The van der Waals surface area contributed by atoms with E-state index in [1.807, 2.05) is 4.72 Å². The number of nitrogens with one attached hydrogen (secondary N) is 2. The molecule has 1 heterocycles. The molecule has 11 heteroatoms. The van der Waals surface area contributed by atoms with E-state index in [4.69, 9.17) is 0 Å². The molecule has 0 fully saturated rings. The molecule has 0 aliphatic carbocycles. The number of amides is 2. The van der Waals surface area contributed by atoms with Crippen molar-refractivity contribution in [2.75, 3.05) is 0 Å². The molecule has 4 rings (SSSR count). The van der Waals surface area contributed by atoms with Crippen molar-refractivity contribution in [1.82, 2.24) is 15.0 Å². The van der Waals surface area contributed by atoms with Crippen molar-refractivity contribution in [3.63, 3.8) is 0 Å². The van der Waals surface area contributed by atoms with Gasteiger partial charge in [-0.25, -0.2) is 35.5 Å². The van der Waals surface area contributed by atoms with Crippen molar-refractivity contribution < 1.29 is 30.8 Å². The highest BCUT2D eigenvalue weighted by molar-refractivity contribution is 7.90. The van der Waals surface area contributed by atoms with Crippen LogP contribution in [0.3, 0.4) is 0 Å². The van der Waals surface area contributed by atoms with Gasteiger partial charge in [-0.15, -0.1) is 0 Å². The van der Waals surface area contributed by atoms with Crippen molar-refractivity contribution in [2.24, 2.45) is 0 Å². The maximum atomic E-state index is 14.7. The number of aryl methyl sites for hydroxylation is 1. The number of hydrogen-bond acceptors (Lipinski definition) is 4. The lowest BCUT2D eigenvalue weighted by Gasteiger charge is -2.23. The normalized spacial score (nSPS) is 12.2. The lowest BCUT2D eigenvalue weighted by molar-refractivity contribution is 0.241. The zero-order chi connectivity index (χ0) is 29.0. The molecule has 0 aliphatic heterocycles. The van der Waals surface area contributed by atoms with Gasteiger partial charge in [0.25, 0.3) is 10.0 Å². The van der Waals surface area contributed by atoms with Gasteiger partial charge in [0.1, 0.15) is 23.3 Å². The number of pyridine rings is 1. The minimum absolute atomic E-state index is 0.107. The van der Waals surface area contributed by atoms with Crippen LogP contribution in [0.25, 0.3) is 11.1 Å². The van der Waals surface area contributed by atoms with Crippen molar-refractivity contribution in [3.8, 4) is 11.1 Å². The fourth-order valence-corrected chi connectivity index (χ4v) is 5.69. The van der Waals surface area contributed by atoms with E-state index in [0.29, 0.717) is 11.6 Å². The molecule has 2 amide bonds. The topological polar surface area (TPSA) is 88.2 Å². The molecule has 40 heavy (non-hydrogen) atoms. The first-order chi connectivity index (χ1) is 19.0. The predicted octanol–water partition coefficient (Wildman–Crippen LogP) is 6.15. The van der Waals surface area contributed by atoms with Crippen molar-refractivity contribution in [3.05, 3.63) is 119 Å². The van der Waals surface area contributed by atoms with Gasteiger partial charge in [0.15, 0.2) is 0 Å². The first-order valence-corrected chi connectivity index (χ1v) is 13.7. The second-order valence-electron chi connectivity index (χ2n) is 9.08. The Kier molecular flexibility index (Phi) is 8.53. The quantitative estimate of drug-likeness (QED) is 0.249. The van der Waals surface area contributed by atoms with E-state index < -0.39 is 45.4 Å². The molecule has 6 nitrogen and oxygen atoms in total. The summed E-state index contributed by atoms with van der Waals surface area (Å²) in [6.45, 7) is 3.25. The predicted molar refractivity (Wildman–Crippen MR) is 142 cm³/mol. The summed E-state index contributed by atoms with van der Waals surface area (Å²) in [7, 11) is -4.29. The minimum atomic E-state index is -4.29. The number of rotatable bonds is 8. The largest absolute Gasteiger partial charge is 0.329 e. The van der Waals surface area contributed by atoms with Crippen LogP contribution >= 0.6 is 0 Å². The summed E-state index contributed by atoms with van der Waals surface area (Å²) in [6, 6.07) is 11.5. The summed E-state index contributed by atoms with van der Waals surface area (Å²) in [5.41, 5.74) is 1.26. The van der Waals surface area contributed by atoms with E-state index in [1.54, 1.807) is 32.0 Å². The Bertz CT molecular complexity index is 1660. The molecule has 0 radical (unpaired) electrons. The van der Waals surface area contributed by atoms with Gasteiger partial charge in [-0.3, -0.25) is 4.98 Å². The minimum Gasteiger partial charge on any atom is -0.329 e. The van der Waals surface area contributed by atoms with E-state index in [-0.39, 0.29) is 45.7 Å². The van der Waals surface area contributed by atoms with Gasteiger partial charge in [-0.1, -0.05) is 31.2 Å². The molecule has 0 saturated heterocycles. The summed E-state index contributed by atoms with van der Waals surface area (Å²) in [5, 5.41) is 2.52. The molecular formula is C29H25F4N3O3S. The van der Waals surface area contributed by atoms with Gasteiger partial charge in [0.2, 0.25) is 0 Å². The summed E-state index contributed by atoms with van der Waals surface area (Å²) in [4.78, 5) is 17.2. The number of carbonyl (C=O) groups is 1. The third kappa shape index (κ3) is 6.48. The Hall–Kier alpha value is -4.25. The molecule has 0 aliphatic rings. The summed E-state index contributed by atoms with van der Waals surface area (Å²) in [6.07, 6.45) is 1.36. The Labute approximate surface area is 229 Å². The van der Waals surface area contributed by atoms with Crippen LogP contribution in [0, 0.1) is 30.2 Å². The SMILES string of the molecule is CCc1c(F)cc(F)cc1-c1cccnc1[C@H](Cc1cc(F)cc(F)c1)NC(=O)NS(=O)(=O)c1ccccc1C. The molecule has 208 valence electrons. The fraction of sp³-hybridized carbons (Fsp3) is 0.172. The van der Waals surface area contributed by atoms with Gasteiger partial charge >= 0.3 is 6.03 Å². The van der Waals surface area contributed by atoms with Gasteiger partial charge in [-0.05, 0) is 72.4 Å². The van der Waals surface area contributed by atoms with Crippen LogP contribution in [0.15, 0.2) is 77.8 Å². The highest BCUT2D eigenvalue weighted by Crippen LogP contribution is 2.33. The number of carbonyl (C=O) groups excluding carboxylic acids is 1. The molecule has 1 aromatic heterocycles. The fourth-order valence-electron chi connectivity index (χ4n) is 4.53. The third-order valence-corrected chi connectivity index (χ3v) is 7.74. The van der Waals surface area contributed by atoms with E-state index in [9.17, 15) is 30.8 Å². The van der Waals surface area contributed by atoms with Gasteiger partial charge < -0.3 is 5.32 Å². The van der Waals surface area contributed by atoms with Crippen molar-refractivity contribution >= 4 is 16.1 Å². The molecule has 1 atom stereocenters. The smallest absolute Gasteiger partial charge is 0.329 e. The number of urea groups is 1. The van der Waals surface area contributed by atoms with Crippen LogP contribution in [-0.4, -0.2) is 19.4 Å². The number of nitrogens with zero attached hydrogens (tertiary/aromatic N) is 1. The first-order valence-electron chi connectivity index (χ1n) is 12.3. The standard InChI is InChI=1S/C29H25F4N3O3S/c1-3-22-24(15-21(32)16-25(22)33)23-8-6-10-34-28(23)26(13-18-11-19(30)14-20(31)12-18)35-29(37)36-40(38,39)27-9-5-4-7-17(27)2/h4-12,14-16,26H,3,13H2,1-2H3,(H2,35,36,37)/t26-/m0/s1. The summed E-state index contributed by atoms with van der Waals surface area (Å²) in [5.74, 6) is -3.33. The Morgan fingerprint density at radius 2 is 1.57 bits per heavy atom. The zero-order valence-electron chi connectivity index (χ0n) is 21.5. The number of halogens is 4. The Balaban J connectivity index is 1.78. The van der Waals surface area contributed by atoms with Crippen LogP contribution in [0.2, 0.25) is 0 Å². The average Bonchev–Trinajstić information content (AvgIpc) is 2.87. The lowest BCUT2D eigenvalue weighted by atomic mass is 9.92. The van der Waals surface area contributed by atoms with Crippen LogP contribution < -0.4 is 10.0 Å². The van der Waals surface area contributed by atoms with Crippen LogP contribution in [-0.2, 0) is 22.9 Å². The van der Waals surface area contributed by atoms with Gasteiger partial charge in [-0.2, -0.15) is 0 Å². The number of sulfonamides is 1. The molecule has 0 bridgehead atoms. The molecule has 3 aromatic carbocycles.